The molecule has 0 aliphatic rings. The molecule has 0 unspecified atom stereocenters. The molecule has 0 amide bonds. The Bertz CT molecular complexity index is 1010. The minimum Gasteiger partial charge on any atom is -0.496 e. The number of para-hydroxylation sites is 2. The molecular weight excluding hydrogens is 347 g/mol. The van der Waals surface area contributed by atoms with Gasteiger partial charge in [0.2, 0.25) is 5.13 Å². The van der Waals surface area contributed by atoms with E-state index in [1.807, 2.05) is 30.3 Å². The van der Waals surface area contributed by atoms with Gasteiger partial charge in [0.15, 0.2) is 10.1 Å². The Morgan fingerprint density at radius 3 is 2.71 bits per heavy atom. The first-order chi connectivity index (χ1) is 11.7. The van der Waals surface area contributed by atoms with E-state index in [1.165, 1.54) is 28.7 Å². The van der Waals surface area contributed by atoms with E-state index in [1.54, 1.807) is 13.2 Å². The molecule has 2 aromatic carbocycles. The summed E-state index contributed by atoms with van der Waals surface area (Å²) in [5.74, 6) is 0.408. The van der Waals surface area contributed by atoms with Gasteiger partial charge in [0.05, 0.1) is 17.4 Å². The Hall–Kier alpha value is -2.58. The van der Waals surface area contributed by atoms with E-state index in [2.05, 4.69) is 20.5 Å². The maximum atomic E-state index is 13.7. The molecule has 2 aromatic heterocycles. The van der Waals surface area contributed by atoms with Gasteiger partial charge in [-0.2, -0.15) is 0 Å². The van der Waals surface area contributed by atoms with Gasteiger partial charge < -0.3 is 10.1 Å². The summed E-state index contributed by atoms with van der Waals surface area (Å²) in [6.07, 6.45) is 0. The molecule has 0 fully saturated rings. The van der Waals surface area contributed by atoms with Crippen molar-refractivity contribution >= 4 is 43.2 Å². The molecule has 120 valence electrons. The third-order valence-corrected chi connectivity index (χ3v) is 5.15. The molecule has 0 atom stereocenters. The number of methoxy groups -OCH3 is 1. The first-order valence-electron chi connectivity index (χ1n) is 7.03. The lowest BCUT2D eigenvalue weighted by Crippen LogP contribution is -1.88. The number of ether oxygens (including phenoxy) is 1. The monoisotopic (exact) mass is 358 g/mol. The van der Waals surface area contributed by atoms with Crippen LogP contribution in [0.4, 0.5) is 14.7 Å². The van der Waals surface area contributed by atoms with Crippen LogP contribution in [-0.2, 0) is 0 Å². The number of nitrogens with one attached hydrogen (secondary N) is 1. The smallest absolute Gasteiger partial charge is 0.212 e. The molecule has 24 heavy (non-hydrogen) atoms. The van der Waals surface area contributed by atoms with Gasteiger partial charge in [-0.3, -0.25) is 0 Å². The summed E-state index contributed by atoms with van der Waals surface area (Å²) in [7, 11) is 1.62. The van der Waals surface area contributed by atoms with Gasteiger partial charge in [0.1, 0.15) is 17.1 Å². The zero-order chi connectivity index (χ0) is 16.5. The maximum Gasteiger partial charge on any atom is 0.212 e. The molecule has 0 bridgehead atoms. The van der Waals surface area contributed by atoms with Crippen LogP contribution in [0.2, 0.25) is 0 Å². The van der Waals surface area contributed by atoms with Gasteiger partial charge >= 0.3 is 0 Å². The molecule has 8 heteroatoms. The number of hydrogen-bond donors (Lipinski definition) is 1. The summed E-state index contributed by atoms with van der Waals surface area (Å²) in [5.41, 5.74) is 1.24. The van der Waals surface area contributed by atoms with E-state index in [0.29, 0.717) is 15.8 Å². The van der Waals surface area contributed by atoms with Crippen molar-refractivity contribution in [2.75, 3.05) is 12.4 Å². The highest BCUT2D eigenvalue weighted by Gasteiger charge is 2.13. The highest BCUT2D eigenvalue weighted by Crippen LogP contribution is 2.35. The number of halogens is 1. The molecule has 2 heterocycles. The average molecular weight is 358 g/mol. The number of aromatic nitrogens is 3. The van der Waals surface area contributed by atoms with Crippen molar-refractivity contribution in [3.63, 3.8) is 0 Å². The van der Waals surface area contributed by atoms with E-state index in [9.17, 15) is 4.39 Å². The van der Waals surface area contributed by atoms with E-state index in [-0.39, 0.29) is 5.82 Å². The fraction of sp³-hybridized carbons (Fsp3) is 0.0625. The largest absolute Gasteiger partial charge is 0.496 e. The minimum atomic E-state index is -0.330. The van der Waals surface area contributed by atoms with Crippen LogP contribution in [0.3, 0.4) is 0 Å². The predicted molar refractivity (Wildman–Crippen MR) is 94.8 cm³/mol. The maximum absolute atomic E-state index is 13.7. The second-order valence-corrected chi connectivity index (χ2v) is 6.85. The Morgan fingerprint density at radius 2 is 1.88 bits per heavy atom. The number of benzene rings is 2. The Labute approximate surface area is 144 Å². The number of hydrogen-bond acceptors (Lipinski definition) is 7. The van der Waals surface area contributed by atoms with Crippen LogP contribution in [0.5, 0.6) is 5.75 Å². The standard InChI is InChI=1S/C16H11FN4OS2/c1-22-11-7-3-2-5-9(11)14-20-21-16(24-14)19-15-18-13-10(17)6-4-8-12(13)23-15/h2-8H,1H3,(H,18,19,21). The van der Waals surface area contributed by atoms with Crippen molar-refractivity contribution in [3.8, 4) is 16.3 Å². The Balaban J connectivity index is 1.64. The van der Waals surface area contributed by atoms with Crippen LogP contribution in [0.1, 0.15) is 0 Å². The second kappa shape index (κ2) is 6.14. The highest BCUT2D eigenvalue weighted by molar-refractivity contribution is 7.23. The Kier molecular flexibility index (Phi) is 3.83. The number of anilines is 2. The lowest BCUT2D eigenvalue weighted by molar-refractivity contribution is 0.416. The SMILES string of the molecule is COc1ccccc1-c1nnc(Nc2nc3c(F)cccc3s2)s1. The highest BCUT2D eigenvalue weighted by atomic mass is 32.1. The molecule has 0 saturated carbocycles. The molecule has 0 aliphatic heterocycles. The summed E-state index contributed by atoms with van der Waals surface area (Å²) in [6.45, 7) is 0. The number of fused-ring (bicyclic) bond motifs is 1. The Morgan fingerprint density at radius 1 is 1.00 bits per heavy atom. The normalized spacial score (nSPS) is 10.9. The van der Waals surface area contributed by atoms with Crippen LogP contribution in [-0.4, -0.2) is 22.3 Å². The minimum absolute atomic E-state index is 0.330. The topological polar surface area (TPSA) is 59.9 Å². The zero-order valence-electron chi connectivity index (χ0n) is 12.5. The van der Waals surface area contributed by atoms with E-state index in [4.69, 9.17) is 4.74 Å². The van der Waals surface area contributed by atoms with Crippen molar-refractivity contribution in [3.05, 3.63) is 48.3 Å². The first kappa shape index (κ1) is 15.0. The van der Waals surface area contributed by atoms with Gasteiger partial charge in [-0.1, -0.05) is 40.9 Å². The van der Waals surface area contributed by atoms with E-state index < -0.39 is 0 Å². The van der Waals surface area contributed by atoms with Crippen molar-refractivity contribution in [2.45, 2.75) is 0 Å². The first-order valence-corrected chi connectivity index (χ1v) is 8.67. The fourth-order valence-corrected chi connectivity index (χ4v) is 3.98. The molecule has 4 aromatic rings. The molecule has 0 aliphatic carbocycles. The zero-order valence-corrected chi connectivity index (χ0v) is 14.1. The summed E-state index contributed by atoms with van der Waals surface area (Å²) in [4.78, 5) is 4.27. The lowest BCUT2D eigenvalue weighted by atomic mass is 10.2. The van der Waals surface area contributed by atoms with Gasteiger partial charge in [0, 0.05) is 0 Å². The van der Waals surface area contributed by atoms with Crippen LogP contribution in [0, 0.1) is 5.82 Å². The van der Waals surface area contributed by atoms with Gasteiger partial charge in [-0.25, -0.2) is 9.37 Å². The van der Waals surface area contributed by atoms with E-state index in [0.717, 1.165) is 21.0 Å². The number of rotatable bonds is 4. The van der Waals surface area contributed by atoms with Gasteiger partial charge in [-0.05, 0) is 24.3 Å². The quantitative estimate of drug-likeness (QED) is 0.573. The average Bonchev–Trinajstić information content (AvgIpc) is 3.22. The van der Waals surface area contributed by atoms with Crippen LogP contribution in [0.15, 0.2) is 42.5 Å². The lowest BCUT2D eigenvalue weighted by Gasteiger charge is -2.03. The second-order valence-electron chi connectivity index (χ2n) is 4.84. The molecule has 0 radical (unpaired) electrons. The molecule has 5 nitrogen and oxygen atoms in total. The summed E-state index contributed by atoms with van der Waals surface area (Å²) in [5, 5.41) is 13.3. The third-order valence-electron chi connectivity index (χ3n) is 3.35. The van der Waals surface area contributed by atoms with E-state index >= 15 is 0 Å². The van der Waals surface area contributed by atoms with Crippen molar-refractivity contribution in [1.82, 2.24) is 15.2 Å². The summed E-state index contributed by atoms with van der Waals surface area (Å²) >= 11 is 2.76. The molecule has 0 spiro atoms. The van der Waals surface area contributed by atoms with Gasteiger partial charge in [-0.15, -0.1) is 10.2 Å². The van der Waals surface area contributed by atoms with Crippen molar-refractivity contribution in [1.29, 1.82) is 0 Å². The third kappa shape index (κ3) is 2.70. The van der Waals surface area contributed by atoms with Crippen LogP contribution < -0.4 is 10.1 Å². The van der Waals surface area contributed by atoms with Crippen molar-refractivity contribution in [2.24, 2.45) is 0 Å². The van der Waals surface area contributed by atoms with Crippen molar-refractivity contribution < 1.29 is 9.13 Å². The molecular formula is C16H11FN4OS2. The van der Waals surface area contributed by atoms with Gasteiger partial charge in [0.25, 0.3) is 0 Å². The fourth-order valence-electron chi connectivity index (χ4n) is 2.26. The predicted octanol–water partition coefficient (Wildman–Crippen LogP) is 4.71. The van der Waals surface area contributed by atoms with Crippen LogP contribution >= 0.6 is 22.7 Å². The molecule has 0 saturated heterocycles. The van der Waals surface area contributed by atoms with Crippen LogP contribution in [0.25, 0.3) is 20.8 Å². The molecule has 1 N–H and O–H groups in total. The molecule has 4 rings (SSSR count). The number of nitrogens with zero attached hydrogens (tertiary/aromatic N) is 3. The summed E-state index contributed by atoms with van der Waals surface area (Å²) < 4.78 is 19.9. The number of thiazole rings is 1. The summed E-state index contributed by atoms with van der Waals surface area (Å²) in [6, 6.07) is 12.5.